The maximum Gasteiger partial charge on any atom is 0.247 e. The van der Waals surface area contributed by atoms with Crippen LogP contribution in [0.4, 0.5) is 0 Å². The number of hydrogen-bond donors (Lipinski definition) is 0. The van der Waals surface area contributed by atoms with Gasteiger partial charge in [-0.05, 0) is 38.5 Å². The Balaban J connectivity index is 1.48. The minimum absolute atomic E-state index is 0.109. The molecule has 0 fully saturated rings. The Labute approximate surface area is 159 Å². The van der Waals surface area contributed by atoms with Crippen LogP contribution in [0, 0.1) is 13.8 Å². The number of nitrogens with zero attached hydrogens (tertiary/aromatic N) is 5. The molecule has 0 spiro atoms. The third-order valence-corrected chi connectivity index (χ3v) is 5.16. The molecule has 0 N–H and O–H groups in total. The molecule has 6 heteroatoms. The lowest BCUT2D eigenvalue weighted by Crippen LogP contribution is -2.42. The molecule has 0 saturated heterocycles. The van der Waals surface area contributed by atoms with Crippen LogP contribution in [0.3, 0.4) is 0 Å². The minimum atomic E-state index is -0.294. The van der Waals surface area contributed by atoms with Crippen LogP contribution in [0.15, 0.2) is 42.5 Å². The summed E-state index contributed by atoms with van der Waals surface area (Å²) in [5.74, 6) is 0.109. The van der Waals surface area contributed by atoms with Crippen LogP contribution < -0.4 is 0 Å². The SMILES string of the molecule is Cc1cc(C)n(C(C)C(=O)N2CCn3nc(Cc4ccccc4)cc3C2)n1. The molecule has 0 bridgehead atoms. The molecule has 0 aliphatic carbocycles. The van der Waals surface area contributed by atoms with Gasteiger partial charge in [-0.2, -0.15) is 10.2 Å². The molecule has 6 nitrogen and oxygen atoms in total. The lowest BCUT2D eigenvalue weighted by Gasteiger charge is -2.30. The molecule has 1 atom stereocenters. The minimum Gasteiger partial charge on any atom is -0.333 e. The Hall–Kier alpha value is -2.89. The Morgan fingerprint density at radius 2 is 1.89 bits per heavy atom. The Kier molecular flexibility index (Phi) is 4.56. The van der Waals surface area contributed by atoms with Gasteiger partial charge >= 0.3 is 0 Å². The normalized spacial score (nSPS) is 14.9. The smallest absolute Gasteiger partial charge is 0.247 e. The number of aromatic nitrogens is 4. The van der Waals surface area contributed by atoms with E-state index in [2.05, 4.69) is 23.3 Å². The highest BCUT2D eigenvalue weighted by atomic mass is 16.2. The van der Waals surface area contributed by atoms with E-state index in [1.807, 2.05) is 59.3 Å². The van der Waals surface area contributed by atoms with Crippen LogP contribution in [0.25, 0.3) is 0 Å². The summed E-state index contributed by atoms with van der Waals surface area (Å²) in [4.78, 5) is 14.9. The number of rotatable bonds is 4. The van der Waals surface area contributed by atoms with Crippen molar-refractivity contribution in [1.29, 1.82) is 0 Å². The molecule has 0 radical (unpaired) electrons. The highest BCUT2D eigenvalue weighted by molar-refractivity contribution is 5.80. The van der Waals surface area contributed by atoms with E-state index in [1.54, 1.807) is 0 Å². The van der Waals surface area contributed by atoms with E-state index < -0.39 is 0 Å². The lowest BCUT2D eigenvalue weighted by molar-refractivity contribution is -0.136. The molecule has 1 aliphatic rings. The molecule has 3 heterocycles. The molecule has 1 unspecified atom stereocenters. The second-order valence-electron chi connectivity index (χ2n) is 7.32. The second kappa shape index (κ2) is 7.02. The van der Waals surface area contributed by atoms with E-state index in [4.69, 9.17) is 5.10 Å². The van der Waals surface area contributed by atoms with Crippen LogP contribution >= 0.6 is 0 Å². The van der Waals surface area contributed by atoms with E-state index in [9.17, 15) is 4.79 Å². The van der Waals surface area contributed by atoms with Gasteiger partial charge in [-0.15, -0.1) is 0 Å². The van der Waals surface area contributed by atoms with Crippen molar-refractivity contribution in [3.05, 3.63) is 70.8 Å². The number of hydrogen-bond acceptors (Lipinski definition) is 3. The van der Waals surface area contributed by atoms with Crippen molar-refractivity contribution in [3.8, 4) is 0 Å². The first-order valence-corrected chi connectivity index (χ1v) is 9.42. The second-order valence-corrected chi connectivity index (χ2v) is 7.32. The van der Waals surface area contributed by atoms with Gasteiger partial charge in [0.05, 0.1) is 30.2 Å². The van der Waals surface area contributed by atoms with Gasteiger partial charge in [0.2, 0.25) is 5.91 Å². The van der Waals surface area contributed by atoms with Gasteiger partial charge in [-0.1, -0.05) is 30.3 Å². The van der Waals surface area contributed by atoms with Crippen LogP contribution in [0.5, 0.6) is 0 Å². The molecule has 1 aliphatic heterocycles. The summed E-state index contributed by atoms with van der Waals surface area (Å²) in [7, 11) is 0. The first-order chi connectivity index (χ1) is 13.0. The molecule has 27 heavy (non-hydrogen) atoms. The summed E-state index contributed by atoms with van der Waals surface area (Å²) in [6, 6.07) is 14.2. The summed E-state index contributed by atoms with van der Waals surface area (Å²) in [6.07, 6.45) is 0.816. The standard InChI is InChI=1S/C21H25N5O/c1-15-11-16(2)26(22-15)17(3)21(27)24-9-10-25-20(14-24)13-19(23-25)12-18-7-5-4-6-8-18/h4-8,11,13,17H,9-10,12,14H2,1-3H3. The average molecular weight is 363 g/mol. The fraction of sp³-hybridized carbons (Fsp3) is 0.381. The molecule has 1 aromatic carbocycles. The van der Waals surface area contributed by atoms with Crippen molar-refractivity contribution in [1.82, 2.24) is 24.5 Å². The fourth-order valence-electron chi connectivity index (χ4n) is 3.81. The highest BCUT2D eigenvalue weighted by Crippen LogP contribution is 2.20. The van der Waals surface area contributed by atoms with Gasteiger partial charge in [-0.3, -0.25) is 14.2 Å². The van der Waals surface area contributed by atoms with Crippen molar-refractivity contribution in [2.75, 3.05) is 6.54 Å². The zero-order chi connectivity index (χ0) is 19.0. The molecule has 1 amide bonds. The first kappa shape index (κ1) is 17.5. The Morgan fingerprint density at radius 3 is 2.59 bits per heavy atom. The topological polar surface area (TPSA) is 56.0 Å². The van der Waals surface area contributed by atoms with Gasteiger partial charge in [0, 0.05) is 18.7 Å². The van der Waals surface area contributed by atoms with Crippen LogP contribution in [0.1, 0.15) is 41.3 Å². The number of carbonyl (C=O) groups is 1. The summed E-state index contributed by atoms with van der Waals surface area (Å²) in [5, 5.41) is 9.19. The van der Waals surface area contributed by atoms with Crippen molar-refractivity contribution < 1.29 is 4.79 Å². The summed E-state index contributed by atoms with van der Waals surface area (Å²) < 4.78 is 3.86. The van der Waals surface area contributed by atoms with Crippen molar-refractivity contribution in [2.45, 2.75) is 46.3 Å². The van der Waals surface area contributed by atoms with E-state index in [-0.39, 0.29) is 11.9 Å². The van der Waals surface area contributed by atoms with E-state index in [0.717, 1.165) is 35.7 Å². The third-order valence-electron chi connectivity index (χ3n) is 5.16. The van der Waals surface area contributed by atoms with Gasteiger partial charge in [0.25, 0.3) is 0 Å². The fourth-order valence-corrected chi connectivity index (χ4v) is 3.81. The summed E-state index contributed by atoms with van der Waals surface area (Å²) >= 11 is 0. The predicted octanol–water partition coefficient (Wildman–Crippen LogP) is 2.89. The molecule has 0 saturated carbocycles. The number of benzene rings is 1. The van der Waals surface area contributed by atoms with Crippen LogP contribution in [-0.4, -0.2) is 36.9 Å². The first-order valence-electron chi connectivity index (χ1n) is 9.42. The van der Waals surface area contributed by atoms with E-state index in [1.165, 1.54) is 5.56 Å². The molecule has 3 aromatic rings. The molecule has 4 rings (SSSR count). The van der Waals surface area contributed by atoms with Crippen molar-refractivity contribution >= 4 is 5.91 Å². The van der Waals surface area contributed by atoms with Gasteiger partial charge in [-0.25, -0.2) is 0 Å². The quantitative estimate of drug-likeness (QED) is 0.716. The average Bonchev–Trinajstić information content (AvgIpc) is 3.22. The predicted molar refractivity (Wildman–Crippen MR) is 103 cm³/mol. The van der Waals surface area contributed by atoms with Crippen LogP contribution in [-0.2, 0) is 24.3 Å². The van der Waals surface area contributed by atoms with Gasteiger partial charge in [0.15, 0.2) is 0 Å². The summed E-state index contributed by atoms with van der Waals surface area (Å²) in [5.41, 5.74) is 5.35. The zero-order valence-corrected chi connectivity index (χ0v) is 16.1. The van der Waals surface area contributed by atoms with Crippen molar-refractivity contribution in [2.24, 2.45) is 0 Å². The van der Waals surface area contributed by atoms with E-state index in [0.29, 0.717) is 13.1 Å². The molecule has 2 aromatic heterocycles. The maximum atomic E-state index is 13.0. The lowest BCUT2D eigenvalue weighted by atomic mass is 10.1. The molecular formula is C21H25N5O. The number of carbonyl (C=O) groups excluding carboxylic acids is 1. The molecule has 140 valence electrons. The Bertz CT molecular complexity index is 956. The van der Waals surface area contributed by atoms with Crippen LogP contribution in [0.2, 0.25) is 0 Å². The van der Waals surface area contributed by atoms with Crippen molar-refractivity contribution in [3.63, 3.8) is 0 Å². The number of fused-ring (bicyclic) bond motifs is 1. The Morgan fingerprint density at radius 1 is 1.11 bits per heavy atom. The zero-order valence-electron chi connectivity index (χ0n) is 16.1. The summed E-state index contributed by atoms with van der Waals surface area (Å²) in [6.45, 7) is 7.89. The maximum absolute atomic E-state index is 13.0. The van der Waals surface area contributed by atoms with E-state index >= 15 is 0 Å². The van der Waals surface area contributed by atoms with Gasteiger partial charge < -0.3 is 4.90 Å². The monoisotopic (exact) mass is 363 g/mol. The molecular weight excluding hydrogens is 338 g/mol. The van der Waals surface area contributed by atoms with Gasteiger partial charge in [0.1, 0.15) is 6.04 Å². The highest BCUT2D eigenvalue weighted by Gasteiger charge is 2.27. The largest absolute Gasteiger partial charge is 0.333 e. The third kappa shape index (κ3) is 3.52. The number of amides is 1. The number of aryl methyl sites for hydroxylation is 2.